The van der Waals surface area contributed by atoms with Crippen LogP contribution >= 0.6 is 0 Å². The van der Waals surface area contributed by atoms with Gasteiger partial charge in [-0.15, -0.1) is 0 Å². The molecule has 0 unspecified atom stereocenters. The molecule has 2 amide bonds. The van der Waals surface area contributed by atoms with Crippen LogP contribution in [0.3, 0.4) is 0 Å². The van der Waals surface area contributed by atoms with Crippen molar-refractivity contribution in [1.29, 1.82) is 0 Å². The summed E-state index contributed by atoms with van der Waals surface area (Å²) >= 11 is 0. The molecule has 5 fully saturated rings. The van der Waals surface area contributed by atoms with Gasteiger partial charge >= 0.3 is 0 Å². The van der Waals surface area contributed by atoms with Crippen molar-refractivity contribution < 1.29 is 14.0 Å². The van der Waals surface area contributed by atoms with Gasteiger partial charge in [-0.05, 0) is 98.8 Å². The van der Waals surface area contributed by atoms with Crippen molar-refractivity contribution in [2.75, 3.05) is 13.1 Å². The number of nitrogens with zero attached hydrogens (tertiary/aromatic N) is 1. The van der Waals surface area contributed by atoms with E-state index >= 15 is 0 Å². The lowest BCUT2D eigenvalue weighted by molar-refractivity contribution is -0.130. The monoisotopic (exact) mass is 398 g/mol. The predicted octanol–water partition coefficient (Wildman–Crippen LogP) is 4.15. The fourth-order valence-corrected chi connectivity index (χ4v) is 7.13. The Kier molecular flexibility index (Phi) is 4.87. The molecule has 5 aliphatic rings. The Balaban J connectivity index is 1.12. The van der Waals surface area contributed by atoms with Gasteiger partial charge in [0, 0.05) is 31.1 Å². The van der Waals surface area contributed by atoms with Gasteiger partial charge in [0.1, 0.15) is 5.82 Å². The molecule has 4 aliphatic carbocycles. The van der Waals surface area contributed by atoms with E-state index < -0.39 is 0 Å². The van der Waals surface area contributed by atoms with E-state index in [0.717, 1.165) is 30.6 Å². The number of benzene rings is 1. The number of hydrogen-bond acceptors (Lipinski definition) is 2. The molecule has 29 heavy (non-hydrogen) atoms. The van der Waals surface area contributed by atoms with Gasteiger partial charge in [-0.2, -0.15) is 0 Å². The first kappa shape index (κ1) is 19.1. The average Bonchev–Trinajstić information content (AvgIpc) is 2.67. The summed E-state index contributed by atoms with van der Waals surface area (Å²) in [5.74, 6) is 2.44. The summed E-state index contributed by atoms with van der Waals surface area (Å²) in [4.78, 5) is 27.2. The van der Waals surface area contributed by atoms with Crippen LogP contribution in [0.1, 0.15) is 68.1 Å². The molecule has 5 heteroatoms. The Morgan fingerprint density at radius 3 is 2.07 bits per heavy atom. The number of carbonyl (C=O) groups excluding carboxylic acids is 2. The van der Waals surface area contributed by atoms with Crippen LogP contribution in [0.2, 0.25) is 0 Å². The minimum absolute atomic E-state index is 0.0525. The summed E-state index contributed by atoms with van der Waals surface area (Å²) in [7, 11) is 0. The largest absolute Gasteiger partial charge is 0.353 e. The van der Waals surface area contributed by atoms with E-state index in [-0.39, 0.29) is 29.1 Å². The van der Waals surface area contributed by atoms with Gasteiger partial charge in [-0.25, -0.2) is 4.39 Å². The molecule has 156 valence electrons. The highest BCUT2D eigenvalue weighted by Crippen LogP contribution is 2.61. The lowest BCUT2D eigenvalue weighted by atomic mass is 9.49. The average molecular weight is 399 g/mol. The predicted molar refractivity (Wildman–Crippen MR) is 109 cm³/mol. The maximum absolute atomic E-state index is 13.1. The number of piperidine rings is 1. The summed E-state index contributed by atoms with van der Waals surface area (Å²) < 4.78 is 13.1. The second-order valence-electron chi connectivity index (χ2n) is 10.2. The molecule has 6 rings (SSSR count). The van der Waals surface area contributed by atoms with Gasteiger partial charge in [-0.1, -0.05) is 0 Å². The molecule has 4 saturated carbocycles. The minimum Gasteiger partial charge on any atom is -0.353 e. The fraction of sp³-hybridized carbons (Fsp3) is 0.667. The van der Waals surface area contributed by atoms with Crippen LogP contribution in [0.4, 0.5) is 4.39 Å². The van der Waals surface area contributed by atoms with E-state index in [4.69, 9.17) is 0 Å². The van der Waals surface area contributed by atoms with E-state index in [9.17, 15) is 14.0 Å². The van der Waals surface area contributed by atoms with Gasteiger partial charge in [0.05, 0.1) is 0 Å². The van der Waals surface area contributed by atoms with E-state index in [2.05, 4.69) is 5.32 Å². The first-order valence-electron chi connectivity index (χ1n) is 11.3. The molecular formula is C24H31FN2O2. The second kappa shape index (κ2) is 7.41. The van der Waals surface area contributed by atoms with Gasteiger partial charge in [0.15, 0.2) is 0 Å². The molecule has 1 aromatic carbocycles. The molecule has 0 aromatic heterocycles. The van der Waals surface area contributed by atoms with Crippen LogP contribution in [0, 0.1) is 29.0 Å². The summed E-state index contributed by atoms with van der Waals surface area (Å²) in [6, 6.07) is 5.89. The number of hydrogen-bond donors (Lipinski definition) is 1. The normalized spacial score (nSPS) is 33.7. The molecular weight excluding hydrogens is 367 g/mol. The highest BCUT2D eigenvalue weighted by molar-refractivity contribution is 5.94. The minimum atomic E-state index is -0.331. The smallest absolute Gasteiger partial charge is 0.253 e. The van der Waals surface area contributed by atoms with E-state index in [0.29, 0.717) is 25.1 Å². The van der Waals surface area contributed by atoms with Crippen molar-refractivity contribution in [2.24, 2.45) is 23.2 Å². The number of nitrogens with one attached hydrogen (secondary N) is 1. The number of rotatable bonds is 4. The van der Waals surface area contributed by atoms with Crippen LogP contribution in [0.5, 0.6) is 0 Å². The molecule has 4 bridgehead atoms. The number of carbonyl (C=O) groups is 2. The molecule has 4 nitrogen and oxygen atoms in total. The third-order valence-corrected chi connectivity index (χ3v) is 7.94. The topological polar surface area (TPSA) is 49.4 Å². The molecule has 1 heterocycles. The molecule has 0 spiro atoms. The van der Waals surface area contributed by atoms with Crippen molar-refractivity contribution in [1.82, 2.24) is 10.2 Å². The van der Waals surface area contributed by atoms with E-state index in [1.165, 1.54) is 62.8 Å². The first-order chi connectivity index (χ1) is 14.0. The molecule has 1 N–H and O–H groups in total. The standard InChI is InChI=1S/C24H31FN2O2/c25-20-3-1-19(2-4-20)23(29)27-7-5-21(6-8-27)26-22(28)15-24-12-16-9-17(13-24)11-18(10-16)14-24/h1-4,16-18,21H,5-15H2,(H,26,28). The summed E-state index contributed by atoms with van der Waals surface area (Å²) in [6.07, 6.45) is 10.3. The SMILES string of the molecule is O=C(CC12CC3CC(CC(C3)C1)C2)NC1CCN(C(=O)c2ccc(F)cc2)CC1. The highest BCUT2D eigenvalue weighted by Gasteiger charge is 2.51. The van der Waals surface area contributed by atoms with Gasteiger partial charge in [0.25, 0.3) is 5.91 Å². The number of amides is 2. The molecule has 1 aliphatic heterocycles. The van der Waals surface area contributed by atoms with Gasteiger partial charge < -0.3 is 10.2 Å². The highest BCUT2D eigenvalue weighted by atomic mass is 19.1. The second-order valence-corrected chi connectivity index (χ2v) is 10.2. The van der Waals surface area contributed by atoms with Gasteiger partial charge in [0.2, 0.25) is 5.91 Å². The number of likely N-dealkylation sites (tertiary alicyclic amines) is 1. The van der Waals surface area contributed by atoms with Crippen LogP contribution in [0.25, 0.3) is 0 Å². The zero-order chi connectivity index (χ0) is 20.0. The Morgan fingerprint density at radius 1 is 0.966 bits per heavy atom. The zero-order valence-electron chi connectivity index (χ0n) is 17.0. The Labute approximate surface area is 172 Å². The third kappa shape index (κ3) is 3.93. The van der Waals surface area contributed by atoms with Crippen LogP contribution in [-0.2, 0) is 4.79 Å². The zero-order valence-corrected chi connectivity index (χ0v) is 17.0. The Bertz CT molecular complexity index is 747. The lowest BCUT2D eigenvalue weighted by Gasteiger charge is -2.56. The lowest BCUT2D eigenvalue weighted by Crippen LogP contribution is -2.50. The maximum atomic E-state index is 13.1. The molecule has 0 radical (unpaired) electrons. The van der Waals surface area contributed by atoms with Crippen LogP contribution in [-0.4, -0.2) is 35.8 Å². The van der Waals surface area contributed by atoms with E-state index in [1.807, 2.05) is 4.90 Å². The van der Waals surface area contributed by atoms with Crippen molar-refractivity contribution in [3.8, 4) is 0 Å². The van der Waals surface area contributed by atoms with Crippen molar-refractivity contribution >= 4 is 11.8 Å². The van der Waals surface area contributed by atoms with E-state index in [1.54, 1.807) is 0 Å². The van der Waals surface area contributed by atoms with Crippen LogP contribution < -0.4 is 5.32 Å². The maximum Gasteiger partial charge on any atom is 0.253 e. The Hall–Kier alpha value is -1.91. The molecule has 0 atom stereocenters. The van der Waals surface area contributed by atoms with Crippen molar-refractivity contribution in [3.63, 3.8) is 0 Å². The van der Waals surface area contributed by atoms with Crippen molar-refractivity contribution in [2.45, 2.75) is 63.8 Å². The van der Waals surface area contributed by atoms with Crippen molar-refractivity contribution in [3.05, 3.63) is 35.6 Å². The Morgan fingerprint density at radius 2 is 1.52 bits per heavy atom. The molecule has 1 aromatic rings. The first-order valence-corrected chi connectivity index (χ1v) is 11.3. The summed E-state index contributed by atoms with van der Waals surface area (Å²) in [5.41, 5.74) is 0.800. The van der Waals surface area contributed by atoms with Gasteiger partial charge in [-0.3, -0.25) is 9.59 Å². The van der Waals surface area contributed by atoms with Crippen LogP contribution in [0.15, 0.2) is 24.3 Å². The summed E-state index contributed by atoms with van der Waals surface area (Å²) in [6.45, 7) is 1.27. The fourth-order valence-electron chi connectivity index (χ4n) is 7.13. The summed E-state index contributed by atoms with van der Waals surface area (Å²) in [5, 5.41) is 3.27. The quantitative estimate of drug-likeness (QED) is 0.828. The third-order valence-electron chi connectivity index (χ3n) is 7.94. The number of halogens is 1. The molecule has 1 saturated heterocycles.